The van der Waals surface area contributed by atoms with Crippen molar-refractivity contribution in [1.29, 1.82) is 0 Å². The molecule has 0 saturated carbocycles. The number of hydrogen-bond acceptors (Lipinski definition) is 6. The molecule has 8 nitrogen and oxygen atoms in total. The van der Waals surface area contributed by atoms with Crippen LogP contribution in [0.5, 0.6) is 0 Å². The SMILES string of the molecule is Brc1ccc(-c2ccc(-c3ccc(N(c4ccccc4)c4cccc5ccccc45)cc3)cc2)cc1.CC1(C)OB(c2ccc(-c3nc4ccccc4n3-c3ccccc3)cc2)OC1(C)C.c1ccc(N(c2ccc(-c3ccc(-c4ccc(-c5ccc(-c6nc7ccccc7n6-c6ccccc6)cc5)cc4)cc3)cc2)c2cccc3ccccc23)cc1. The van der Waals surface area contributed by atoms with Gasteiger partial charge in [0.1, 0.15) is 11.6 Å². The first-order valence-electron chi connectivity index (χ1n) is 41.4. The van der Waals surface area contributed by atoms with Crippen molar-refractivity contribution in [3.05, 3.63) is 453 Å². The summed E-state index contributed by atoms with van der Waals surface area (Å²) in [6.45, 7) is 8.29. The van der Waals surface area contributed by atoms with Crippen molar-refractivity contribution in [2.45, 2.75) is 38.9 Å². The molecule has 1 saturated heterocycles. The molecule has 0 bridgehead atoms. The van der Waals surface area contributed by atoms with Gasteiger partial charge in [-0.25, -0.2) is 9.97 Å². The van der Waals surface area contributed by atoms with Crippen LogP contribution in [0.4, 0.5) is 34.1 Å². The van der Waals surface area contributed by atoms with Crippen molar-refractivity contribution < 1.29 is 9.31 Å². The fraction of sp³-hybridized carbons (Fsp3) is 0.0536. The molecule has 10 heteroatoms. The van der Waals surface area contributed by atoms with Crippen LogP contribution in [0.1, 0.15) is 27.7 Å². The normalized spacial score (nSPS) is 12.7. The van der Waals surface area contributed by atoms with E-state index in [2.05, 4.69) is 487 Å². The number of rotatable bonds is 16. The molecule has 0 atom stereocenters. The number of nitrogens with zero attached hydrogens (tertiary/aromatic N) is 6. The summed E-state index contributed by atoms with van der Waals surface area (Å²) in [4.78, 5) is 14.6. The zero-order valence-corrected chi connectivity index (χ0v) is 69.8. The standard InChI is InChI=1S/C53H37N3.C34H24BrN.C25H25BN2O2/c1-3-14-46(15-4-1)55(51-21-11-13-44-12-7-8-18-49(44)51)48-36-34-43(35-37-48)41-28-26-39(27-29-41)38-22-24-40(25-23-38)42-30-32-45(33-31-42)53-54-50-19-9-10-20-52(50)56(53)47-16-5-2-6-17-47;35-30-21-17-27(18-22-30)25-13-15-26(16-14-25)28-19-23-32(24-20-28)36(31-9-2-1-3-10-31)34-12-6-8-29-7-4-5-11-33(29)34;1-24(2)25(3,4)30-26(29-24)19-16-14-18(15-17-19)23-27-21-12-8-9-13-22(21)28(23)20-10-6-5-7-11-20/h1-37H;1-24H;5-17H,1-4H3. The Morgan fingerprint density at radius 2 is 0.516 bits per heavy atom. The van der Waals surface area contributed by atoms with Crippen LogP contribution < -0.4 is 15.3 Å². The van der Waals surface area contributed by atoms with Crippen molar-refractivity contribution in [2.75, 3.05) is 9.80 Å². The van der Waals surface area contributed by atoms with E-state index in [0.29, 0.717) is 0 Å². The third-order valence-electron chi connectivity index (χ3n) is 23.4. The highest BCUT2D eigenvalue weighted by atomic mass is 79.9. The Morgan fingerprint density at radius 3 is 0.869 bits per heavy atom. The van der Waals surface area contributed by atoms with E-state index in [0.717, 1.165) is 94.6 Å². The largest absolute Gasteiger partial charge is 0.494 e. The first-order valence-corrected chi connectivity index (χ1v) is 42.2. The van der Waals surface area contributed by atoms with Crippen LogP contribution in [0.25, 0.3) is 133 Å². The molecular formula is C112H86BBrN6O2. The fourth-order valence-corrected chi connectivity index (χ4v) is 16.6. The minimum atomic E-state index is -0.364. The Balaban J connectivity index is 0.000000128. The highest BCUT2D eigenvalue weighted by Gasteiger charge is 2.51. The maximum absolute atomic E-state index is 6.19. The van der Waals surface area contributed by atoms with E-state index in [9.17, 15) is 0 Å². The highest BCUT2D eigenvalue weighted by Crippen LogP contribution is 2.44. The Hall–Kier alpha value is -14.5. The van der Waals surface area contributed by atoms with Gasteiger partial charge in [0.25, 0.3) is 0 Å². The van der Waals surface area contributed by atoms with Gasteiger partial charge < -0.3 is 19.1 Å². The monoisotopic (exact) mass is 1640 g/mol. The number of hydrogen-bond donors (Lipinski definition) is 0. The molecule has 2 aromatic heterocycles. The van der Waals surface area contributed by atoms with Gasteiger partial charge >= 0.3 is 7.12 Å². The number of aromatic nitrogens is 4. The summed E-state index contributed by atoms with van der Waals surface area (Å²) >= 11 is 3.51. The molecule has 3 heterocycles. The first-order chi connectivity index (χ1) is 59.9. The lowest BCUT2D eigenvalue weighted by molar-refractivity contribution is 0.00578. The molecule has 0 amide bonds. The van der Waals surface area contributed by atoms with E-state index in [1.165, 1.54) is 82.9 Å². The molecule has 586 valence electrons. The quantitative estimate of drug-likeness (QED) is 0.0899. The molecule has 1 fully saturated rings. The number of para-hydroxylation sites is 8. The van der Waals surface area contributed by atoms with E-state index in [-0.39, 0.29) is 18.3 Å². The predicted octanol–water partition coefficient (Wildman–Crippen LogP) is 29.7. The van der Waals surface area contributed by atoms with Crippen molar-refractivity contribution >= 4 is 106 Å². The van der Waals surface area contributed by atoms with Gasteiger partial charge in [0.15, 0.2) is 0 Å². The molecule has 20 aromatic rings. The van der Waals surface area contributed by atoms with Crippen LogP contribution >= 0.6 is 15.9 Å². The van der Waals surface area contributed by atoms with Crippen LogP contribution in [-0.2, 0) is 9.31 Å². The highest BCUT2D eigenvalue weighted by molar-refractivity contribution is 9.10. The second kappa shape index (κ2) is 34.1. The lowest BCUT2D eigenvalue weighted by Gasteiger charge is -2.32. The van der Waals surface area contributed by atoms with E-state index in [1.807, 2.05) is 24.3 Å². The zero-order valence-electron chi connectivity index (χ0n) is 68.2. The number of fused-ring (bicyclic) bond motifs is 4. The first kappa shape index (κ1) is 77.4. The molecule has 0 aliphatic carbocycles. The number of anilines is 6. The van der Waals surface area contributed by atoms with Crippen molar-refractivity contribution in [3.8, 4) is 89.8 Å². The predicted molar refractivity (Wildman–Crippen MR) is 514 cm³/mol. The van der Waals surface area contributed by atoms with Gasteiger partial charge in [-0.3, -0.25) is 9.13 Å². The Morgan fingerprint density at radius 1 is 0.254 bits per heavy atom. The second-order valence-corrected chi connectivity index (χ2v) is 32.6. The average molecular weight is 1640 g/mol. The van der Waals surface area contributed by atoms with Crippen LogP contribution in [0.3, 0.4) is 0 Å². The van der Waals surface area contributed by atoms with Crippen LogP contribution in [0.2, 0.25) is 0 Å². The Bertz CT molecular complexity index is 6990. The molecular weight excluding hydrogens is 1550 g/mol. The molecule has 1 aliphatic heterocycles. The summed E-state index contributed by atoms with van der Waals surface area (Å²) in [6, 6.07) is 159. The van der Waals surface area contributed by atoms with Gasteiger partial charge in [0.2, 0.25) is 0 Å². The lowest BCUT2D eigenvalue weighted by atomic mass is 9.79. The minimum Gasteiger partial charge on any atom is -0.399 e. The van der Waals surface area contributed by atoms with Gasteiger partial charge in [-0.05, 0) is 221 Å². The Kier molecular flexibility index (Phi) is 21.6. The van der Waals surface area contributed by atoms with Gasteiger partial charge in [0, 0.05) is 60.5 Å². The summed E-state index contributed by atoms with van der Waals surface area (Å²) in [6.07, 6.45) is 0. The van der Waals surface area contributed by atoms with Gasteiger partial charge in [-0.1, -0.05) is 344 Å². The molecule has 0 unspecified atom stereocenters. The van der Waals surface area contributed by atoms with Crippen molar-refractivity contribution in [1.82, 2.24) is 19.1 Å². The zero-order chi connectivity index (χ0) is 82.5. The van der Waals surface area contributed by atoms with Crippen molar-refractivity contribution in [3.63, 3.8) is 0 Å². The maximum Gasteiger partial charge on any atom is 0.494 e. The van der Waals surface area contributed by atoms with Gasteiger partial charge in [-0.15, -0.1) is 0 Å². The van der Waals surface area contributed by atoms with E-state index in [4.69, 9.17) is 19.3 Å². The van der Waals surface area contributed by atoms with Crippen LogP contribution in [-0.4, -0.2) is 37.4 Å². The fourth-order valence-electron chi connectivity index (χ4n) is 16.3. The summed E-state index contributed by atoms with van der Waals surface area (Å²) in [5, 5.41) is 4.92. The third-order valence-corrected chi connectivity index (χ3v) is 24.0. The molecule has 122 heavy (non-hydrogen) atoms. The van der Waals surface area contributed by atoms with E-state index >= 15 is 0 Å². The minimum absolute atomic E-state index is 0.350. The van der Waals surface area contributed by atoms with Crippen molar-refractivity contribution in [2.24, 2.45) is 0 Å². The third kappa shape index (κ3) is 16.0. The summed E-state index contributed by atoms with van der Waals surface area (Å²) in [7, 11) is -0.364. The topological polar surface area (TPSA) is 60.6 Å². The van der Waals surface area contributed by atoms with E-state index in [1.54, 1.807) is 0 Å². The summed E-state index contributed by atoms with van der Waals surface area (Å²) in [5.74, 6) is 1.86. The lowest BCUT2D eigenvalue weighted by Crippen LogP contribution is -2.41. The average Bonchev–Trinajstić information content (AvgIpc) is 1.72. The van der Waals surface area contributed by atoms with Crippen LogP contribution in [0, 0.1) is 0 Å². The van der Waals surface area contributed by atoms with E-state index < -0.39 is 0 Å². The summed E-state index contributed by atoms with van der Waals surface area (Å²) < 4.78 is 17.9. The van der Waals surface area contributed by atoms with Crippen LogP contribution in [0.15, 0.2) is 453 Å². The smallest absolute Gasteiger partial charge is 0.399 e. The number of imidazole rings is 2. The Labute approximate surface area is 721 Å². The maximum atomic E-state index is 6.19. The number of halogens is 1. The molecule has 1 aliphatic rings. The number of benzene rings is 18. The molecule has 18 aromatic carbocycles. The molecule has 21 rings (SSSR count). The second-order valence-electron chi connectivity index (χ2n) is 31.6. The molecule has 0 N–H and O–H groups in total. The molecule has 0 spiro atoms. The summed E-state index contributed by atoms with van der Waals surface area (Å²) in [5.41, 5.74) is 27.6. The molecule has 0 radical (unpaired) electrons. The van der Waals surface area contributed by atoms with Gasteiger partial charge in [-0.2, -0.15) is 0 Å². The van der Waals surface area contributed by atoms with Gasteiger partial charge in [0.05, 0.1) is 44.6 Å².